The van der Waals surface area contributed by atoms with Gasteiger partial charge < -0.3 is 0 Å². The molecular weight excluding hydrogens is 426 g/mol. The molecule has 2 aromatic carbocycles. The van der Waals surface area contributed by atoms with Crippen LogP contribution in [0.5, 0.6) is 0 Å². The molecule has 0 saturated carbocycles. The van der Waals surface area contributed by atoms with Crippen molar-refractivity contribution in [2.24, 2.45) is 7.05 Å². The number of nitrogens with zero attached hydrogens (tertiary/aromatic N) is 4. The van der Waals surface area contributed by atoms with Crippen molar-refractivity contribution in [3.8, 4) is 11.1 Å². The zero-order valence-electron chi connectivity index (χ0n) is 16.4. The van der Waals surface area contributed by atoms with Crippen LogP contribution in [0.2, 0.25) is 5.02 Å². The van der Waals surface area contributed by atoms with Crippen molar-refractivity contribution in [2.75, 3.05) is 18.8 Å². The SMILES string of the molecule is CN(C)S(=O)(=O)Nc1ccc2cc(Cl)c3ncc(-c4cnn(C)c4)cc3c(=O)c2c1. The molecule has 8 nitrogen and oxygen atoms in total. The third kappa shape index (κ3) is 3.62. The van der Waals surface area contributed by atoms with E-state index in [2.05, 4.69) is 14.8 Å². The lowest BCUT2D eigenvalue weighted by molar-refractivity contribution is 0.527. The van der Waals surface area contributed by atoms with Crippen molar-refractivity contribution >= 4 is 49.2 Å². The van der Waals surface area contributed by atoms with E-state index in [9.17, 15) is 13.2 Å². The first-order valence-electron chi connectivity index (χ1n) is 8.91. The molecule has 2 aromatic heterocycles. The molecule has 0 aliphatic rings. The molecule has 0 atom stereocenters. The summed E-state index contributed by atoms with van der Waals surface area (Å²) in [7, 11) is 0.932. The molecule has 0 amide bonds. The first-order valence-corrected chi connectivity index (χ1v) is 10.7. The summed E-state index contributed by atoms with van der Waals surface area (Å²) < 4.78 is 29.5. The fourth-order valence-electron chi connectivity index (χ4n) is 3.09. The van der Waals surface area contributed by atoms with E-state index in [4.69, 9.17) is 11.6 Å². The molecule has 0 aliphatic carbocycles. The van der Waals surface area contributed by atoms with Crippen LogP contribution in [0.4, 0.5) is 5.69 Å². The summed E-state index contributed by atoms with van der Waals surface area (Å²) in [5.74, 6) is 0. The average Bonchev–Trinajstić information content (AvgIpc) is 3.10. The van der Waals surface area contributed by atoms with Crippen LogP contribution in [-0.4, -0.2) is 41.6 Å². The van der Waals surface area contributed by atoms with Gasteiger partial charge in [0.15, 0.2) is 5.43 Å². The molecule has 0 bridgehead atoms. The fraction of sp³-hybridized carbons (Fsp3) is 0.150. The molecule has 4 aromatic rings. The molecule has 0 spiro atoms. The topological polar surface area (TPSA) is 97.2 Å². The van der Waals surface area contributed by atoms with E-state index in [-0.39, 0.29) is 11.1 Å². The quantitative estimate of drug-likeness (QED) is 0.523. The Hall–Kier alpha value is -3.01. The van der Waals surface area contributed by atoms with E-state index in [0.717, 1.165) is 15.4 Å². The first-order chi connectivity index (χ1) is 14.2. The maximum Gasteiger partial charge on any atom is 0.301 e. The van der Waals surface area contributed by atoms with Crippen molar-refractivity contribution in [3.05, 3.63) is 64.2 Å². The maximum atomic E-state index is 13.4. The minimum Gasteiger partial charge on any atom is -0.289 e. The number of hydrogen-bond donors (Lipinski definition) is 1. The second kappa shape index (κ2) is 7.35. The number of hydrogen-bond acceptors (Lipinski definition) is 5. The summed E-state index contributed by atoms with van der Waals surface area (Å²) in [5, 5.41) is 5.73. The summed E-state index contributed by atoms with van der Waals surface area (Å²) in [6, 6.07) is 8.12. The minimum absolute atomic E-state index is 0.278. The van der Waals surface area contributed by atoms with Crippen molar-refractivity contribution in [3.63, 3.8) is 0 Å². The van der Waals surface area contributed by atoms with Crippen LogP contribution in [0.25, 0.3) is 32.8 Å². The number of nitrogens with one attached hydrogen (secondary N) is 1. The van der Waals surface area contributed by atoms with Gasteiger partial charge in [-0.3, -0.25) is 19.2 Å². The van der Waals surface area contributed by atoms with Gasteiger partial charge in [-0.25, -0.2) is 0 Å². The number of anilines is 1. The Morgan fingerprint density at radius 2 is 1.83 bits per heavy atom. The summed E-state index contributed by atoms with van der Waals surface area (Å²) in [5.41, 5.74) is 1.90. The molecule has 30 heavy (non-hydrogen) atoms. The van der Waals surface area contributed by atoms with Crippen LogP contribution in [0, 0.1) is 0 Å². The van der Waals surface area contributed by atoms with Gasteiger partial charge in [-0.1, -0.05) is 17.7 Å². The molecule has 2 heterocycles. The van der Waals surface area contributed by atoms with Crippen LogP contribution >= 0.6 is 11.6 Å². The molecule has 1 N–H and O–H groups in total. The van der Waals surface area contributed by atoms with E-state index in [0.29, 0.717) is 26.7 Å². The lowest BCUT2D eigenvalue weighted by atomic mass is 10.1. The smallest absolute Gasteiger partial charge is 0.289 e. The second-order valence-corrected chi connectivity index (χ2v) is 9.33. The molecule has 154 valence electrons. The third-order valence-electron chi connectivity index (χ3n) is 4.70. The van der Waals surface area contributed by atoms with Gasteiger partial charge in [0.2, 0.25) is 0 Å². The molecule has 0 saturated heterocycles. The van der Waals surface area contributed by atoms with Gasteiger partial charge in [0.1, 0.15) is 0 Å². The van der Waals surface area contributed by atoms with Crippen molar-refractivity contribution in [1.29, 1.82) is 0 Å². The highest BCUT2D eigenvalue weighted by molar-refractivity contribution is 7.90. The molecule has 0 aliphatic heterocycles. The summed E-state index contributed by atoms with van der Waals surface area (Å²) in [6.45, 7) is 0. The highest BCUT2D eigenvalue weighted by Gasteiger charge is 2.15. The average molecular weight is 444 g/mol. The first kappa shape index (κ1) is 20.3. The van der Waals surface area contributed by atoms with Crippen LogP contribution in [-0.2, 0) is 17.3 Å². The van der Waals surface area contributed by atoms with Crippen molar-refractivity contribution in [1.82, 2.24) is 19.1 Å². The predicted octanol–water partition coefficient (Wildman–Crippen LogP) is 3.02. The second-order valence-electron chi connectivity index (χ2n) is 7.04. The normalized spacial score (nSPS) is 12.0. The predicted molar refractivity (Wildman–Crippen MR) is 119 cm³/mol. The van der Waals surface area contributed by atoms with Crippen LogP contribution in [0.1, 0.15) is 0 Å². The monoisotopic (exact) mass is 443 g/mol. The molecular formula is C20H18ClN5O3S. The number of halogens is 1. The Labute approximate surface area is 177 Å². The molecule has 0 radical (unpaired) electrons. The standard InChI is InChI=1S/C20H18ClN5O3S/c1-25(2)30(28,29)24-15-5-4-12-7-18(21)19-17(20(27)16(12)8-15)6-13(9-22-19)14-10-23-26(3)11-14/h4-11,24H,1-3H3. The van der Waals surface area contributed by atoms with Crippen LogP contribution in [0.15, 0.2) is 53.7 Å². The number of benzene rings is 1. The Morgan fingerprint density at radius 1 is 1.07 bits per heavy atom. The minimum atomic E-state index is -3.71. The molecule has 0 fully saturated rings. The Balaban J connectivity index is 1.98. The van der Waals surface area contributed by atoms with Gasteiger partial charge in [0.05, 0.1) is 27.8 Å². The zero-order chi connectivity index (χ0) is 21.6. The van der Waals surface area contributed by atoms with Crippen LogP contribution in [0.3, 0.4) is 0 Å². The van der Waals surface area contributed by atoms with Gasteiger partial charge in [0, 0.05) is 50.0 Å². The lowest BCUT2D eigenvalue weighted by Gasteiger charge is -2.13. The van der Waals surface area contributed by atoms with E-state index in [1.54, 1.807) is 48.4 Å². The van der Waals surface area contributed by atoms with Gasteiger partial charge in [0.25, 0.3) is 0 Å². The largest absolute Gasteiger partial charge is 0.301 e. The molecule has 4 rings (SSSR count). The van der Waals surface area contributed by atoms with Crippen LogP contribution < -0.4 is 10.2 Å². The van der Waals surface area contributed by atoms with Crippen molar-refractivity contribution in [2.45, 2.75) is 0 Å². The number of pyridine rings is 1. The Bertz CT molecular complexity index is 1470. The van der Waals surface area contributed by atoms with E-state index in [1.807, 2.05) is 6.20 Å². The lowest BCUT2D eigenvalue weighted by Crippen LogP contribution is -2.28. The number of aryl methyl sites for hydroxylation is 1. The third-order valence-corrected chi connectivity index (χ3v) is 6.45. The van der Waals surface area contributed by atoms with Gasteiger partial charge >= 0.3 is 10.2 Å². The molecule has 0 unspecified atom stereocenters. The highest BCUT2D eigenvalue weighted by Crippen LogP contribution is 2.27. The van der Waals surface area contributed by atoms with Gasteiger partial charge in [-0.05, 0) is 29.7 Å². The van der Waals surface area contributed by atoms with E-state index < -0.39 is 10.2 Å². The summed E-state index contributed by atoms with van der Waals surface area (Å²) in [4.78, 5) is 17.8. The zero-order valence-corrected chi connectivity index (χ0v) is 18.0. The van der Waals surface area contributed by atoms with E-state index in [1.165, 1.54) is 20.2 Å². The maximum absolute atomic E-state index is 13.4. The summed E-state index contributed by atoms with van der Waals surface area (Å²) >= 11 is 6.45. The Kier molecular flexibility index (Phi) is 4.97. The number of aromatic nitrogens is 3. The summed E-state index contributed by atoms with van der Waals surface area (Å²) in [6.07, 6.45) is 5.15. The molecule has 10 heteroatoms. The van der Waals surface area contributed by atoms with Crippen molar-refractivity contribution < 1.29 is 8.42 Å². The number of fused-ring (bicyclic) bond motifs is 2. The van der Waals surface area contributed by atoms with E-state index >= 15 is 0 Å². The van der Waals surface area contributed by atoms with Gasteiger partial charge in [-0.2, -0.15) is 17.8 Å². The van der Waals surface area contributed by atoms with Gasteiger partial charge in [-0.15, -0.1) is 0 Å². The highest BCUT2D eigenvalue weighted by atomic mass is 35.5. The Morgan fingerprint density at radius 3 is 2.50 bits per heavy atom. The number of rotatable bonds is 4. The fourth-order valence-corrected chi connectivity index (χ4v) is 3.96.